The van der Waals surface area contributed by atoms with Crippen LogP contribution in [0.15, 0.2) is 36.5 Å². The van der Waals surface area contributed by atoms with Crippen LogP contribution < -0.4 is 0 Å². The van der Waals surface area contributed by atoms with Crippen LogP contribution in [0.5, 0.6) is 0 Å². The highest BCUT2D eigenvalue weighted by atomic mass is 16.5. The number of esters is 1. The third kappa shape index (κ3) is 2.95. The first-order chi connectivity index (χ1) is 10.7. The fourth-order valence-electron chi connectivity index (χ4n) is 2.24. The summed E-state index contributed by atoms with van der Waals surface area (Å²) in [5, 5.41) is 8.87. The maximum atomic E-state index is 11.6. The molecule has 0 N–H and O–H groups in total. The monoisotopic (exact) mass is 296 g/mol. The molecule has 0 aliphatic rings. The van der Waals surface area contributed by atoms with E-state index in [0.717, 1.165) is 22.2 Å². The van der Waals surface area contributed by atoms with E-state index in [1.165, 1.54) is 0 Å². The van der Waals surface area contributed by atoms with Crippen molar-refractivity contribution in [2.75, 3.05) is 6.61 Å². The number of benzene rings is 1. The lowest BCUT2D eigenvalue weighted by molar-refractivity contribution is 0.0519. The maximum absolute atomic E-state index is 11.6. The molecule has 0 unspecified atom stereocenters. The molecule has 0 saturated heterocycles. The highest BCUT2D eigenvalue weighted by molar-refractivity contribution is 5.86. The van der Waals surface area contributed by atoms with E-state index in [0.29, 0.717) is 13.2 Å². The molecule has 0 aliphatic carbocycles. The van der Waals surface area contributed by atoms with E-state index >= 15 is 0 Å². The summed E-state index contributed by atoms with van der Waals surface area (Å²) in [6.07, 6.45) is 1.59. The van der Waals surface area contributed by atoms with Crippen molar-refractivity contribution < 1.29 is 9.53 Å². The number of aromatic nitrogens is 4. The van der Waals surface area contributed by atoms with Crippen molar-refractivity contribution in [3.8, 4) is 0 Å². The molecule has 0 atom stereocenters. The normalized spacial score (nSPS) is 10.8. The van der Waals surface area contributed by atoms with Crippen LogP contribution in [-0.2, 0) is 11.3 Å². The molecule has 0 amide bonds. The zero-order valence-corrected chi connectivity index (χ0v) is 12.5. The molecule has 112 valence electrons. The average molecular weight is 296 g/mol. The van der Waals surface area contributed by atoms with E-state index in [9.17, 15) is 4.79 Å². The summed E-state index contributed by atoms with van der Waals surface area (Å²) in [5.74, 6) is -0.452. The van der Waals surface area contributed by atoms with Crippen LogP contribution in [0.3, 0.4) is 0 Å². The lowest BCUT2D eigenvalue weighted by atomic mass is 10.1. The minimum absolute atomic E-state index is 0.222. The van der Waals surface area contributed by atoms with Gasteiger partial charge in [0, 0.05) is 11.1 Å². The Morgan fingerprint density at radius 3 is 2.95 bits per heavy atom. The fraction of sp³-hybridized carbons (Fsp3) is 0.250. The van der Waals surface area contributed by atoms with E-state index in [1.807, 2.05) is 31.2 Å². The summed E-state index contributed by atoms with van der Waals surface area (Å²) in [7, 11) is 0. The number of hydrogen-bond acceptors (Lipinski definition) is 5. The lowest BCUT2D eigenvalue weighted by Gasteiger charge is -2.04. The molecular formula is C16H16N4O2. The van der Waals surface area contributed by atoms with Crippen molar-refractivity contribution >= 4 is 16.9 Å². The Bertz CT molecular complexity index is 826. The predicted octanol–water partition coefficient (Wildman–Crippen LogP) is 2.36. The number of hydrogen-bond donors (Lipinski definition) is 0. The largest absolute Gasteiger partial charge is 0.461 e. The molecule has 0 radical (unpaired) electrons. The Balaban J connectivity index is 1.81. The molecule has 2 heterocycles. The number of aryl methyl sites for hydroxylation is 1. The van der Waals surface area contributed by atoms with Crippen LogP contribution >= 0.6 is 0 Å². The van der Waals surface area contributed by atoms with Crippen molar-refractivity contribution in [3.05, 3.63) is 53.5 Å². The van der Waals surface area contributed by atoms with Gasteiger partial charge in [0.25, 0.3) is 0 Å². The van der Waals surface area contributed by atoms with Crippen LogP contribution in [0.4, 0.5) is 0 Å². The van der Waals surface area contributed by atoms with Gasteiger partial charge in [-0.15, -0.1) is 5.10 Å². The Labute approximate surface area is 127 Å². The lowest BCUT2D eigenvalue weighted by Crippen LogP contribution is -2.05. The summed E-state index contributed by atoms with van der Waals surface area (Å²) in [6.45, 7) is 4.59. The molecule has 2 aromatic heterocycles. The minimum Gasteiger partial charge on any atom is -0.461 e. The molecule has 0 spiro atoms. The molecule has 0 bridgehead atoms. The molecule has 6 nitrogen and oxygen atoms in total. The van der Waals surface area contributed by atoms with Gasteiger partial charge in [0.1, 0.15) is 0 Å². The second-order valence-electron chi connectivity index (χ2n) is 5.00. The summed E-state index contributed by atoms with van der Waals surface area (Å²) in [6, 6.07) is 10.1. The Kier molecular flexibility index (Phi) is 3.82. The van der Waals surface area contributed by atoms with Gasteiger partial charge in [0.05, 0.1) is 24.9 Å². The van der Waals surface area contributed by atoms with Crippen LogP contribution in [-0.4, -0.2) is 32.6 Å². The average Bonchev–Trinajstić information content (AvgIpc) is 2.96. The van der Waals surface area contributed by atoms with Crippen LogP contribution in [0.2, 0.25) is 0 Å². The topological polar surface area (TPSA) is 69.9 Å². The van der Waals surface area contributed by atoms with Crippen molar-refractivity contribution in [2.45, 2.75) is 20.4 Å². The van der Waals surface area contributed by atoms with E-state index in [1.54, 1.807) is 17.8 Å². The van der Waals surface area contributed by atoms with E-state index in [4.69, 9.17) is 4.74 Å². The zero-order valence-electron chi connectivity index (χ0n) is 12.5. The molecule has 0 fully saturated rings. The Morgan fingerprint density at radius 2 is 2.14 bits per heavy atom. The van der Waals surface area contributed by atoms with Gasteiger partial charge in [-0.1, -0.05) is 17.3 Å². The summed E-state index contributed by atoms with van der Waals surface area (Å²) in [4.78, 5) is 16.0. The molecule has 0 saturated carbocycles. The first kappa shape index (κ1) is 14.2. The van der Waals surface area contributed by atoms with Gasteiger partial charge < -0.3 is 4.74 Å². The molecule has 0 aliphatic heterocycles. The van der Waals surface area contributed by atoms with Gasteiger partial charge in [0.15, 0.2) is 5.69 Å². The number of rotatable bonds is 4. The summed E-state index contributed by atoms with van der Waals surface area (Å²) >= 11 is 0. The Hall–Kier alpha value is -2.76. The van der Waals surface area contributed by atoms with Crippen molar-refractivity contribution in [2.24, 2.45) is 0 Å². The SMILES string of the molecule is CCOC(=O)c1cn(Cc2ccc3nc(C)ccc3c2)nn1. The first-order valence-electron chi connectivity index (χ1n) is 7.09. The first-order valence-corrected chi connectivity index (χ1v) is 7.09. The van der Waals surface area contributed by atoms with Crippen LogP contribution in [0.25, 0.3) is 10.9 Å². The van der Waals surface area contributed by atoms with Crippen molar-refractivity contribution in [3.63, 3.8) is 0 Å². The van der Waals surface area contributed by atoms with E-state index in [2.05, 4.69) is 21.4 Å². The van der Waals surface area contributed by atoms with Gasteiger partial charge in [-0.3, -0.25) is 4.98 Å². The standard InChI is InChI=1S/C16H16N4O2/c1-3-22-16(21)15-10-20(19-18-15)9-12-5-7-14-13(8-12)6-4-11(2)17-14/h4-8,10H,3,9H2,1-2H3. The van der Waals surface area contributed by atoms with E-state index < -0.39 is 5.97 Å². The quantitative estimate of drug-likeness (QED) is 0.691. The molecule has 3 aromatic rings. The van der Waals surface area contributed by atoms with Crippen LogP contribution in [0, 0.1) is 6.92 Å². The number of carbonyl (C=O) groups excluding carboxylic acids is 1. The number of fused-ring (bicyclic) bond motifs is 1. The highest BCUT2D eigenvalue weighted by Crippen LogP contribution is 2.15. The summed E-state index contributed by atoms with van der Waals surface area (Å²) in [5.41, 5.74) is 3.25. The molecule has 3 rings (SSSR count). The van der Waals surface area contributed by atoms with Crippen LogP contribution in [0.1, 0.15) is 28.7 Å². The zero-order chi connectivity index (χ0) is 15.5. The third-order valence-electron chi connectivity index (χ3n) is 3.26. The number of ether oxygens (including phenoxy) is 1. The predicted molar refractivity (Wildman–Crippen MR) is 81.6 cm³/mol. The number of carbonyl (C=O) groups is 1. The second kappa shape index (κ2) is 5.93. The highest BCUT2D eigenvalue weighted by Gasteiger charge is 2.11. The molecular weight excluding hydrogens is 280 g/mol. The number of nitrogens with zero attached hydrogens (tertiary/aromatic N) is 4. The van der Waals surface area contributed by atoms with Crippen molar-refractivity contribution in [1.29, 1.82) is 0 Å². The molecule has 1 aromatic carbocycles. The van der Waals surface area contributed by atoms with Gasteiger partial charge in [-0.25, -0.2) is 9.48 Å². The van der Waals surface area contributed by atoms with Gasteiger partial charge in [-0.2, -0.15) is 0 Å². The van der Waals surface area contributed by atoms with Gasteiger partial charge in [0.2, 0.25) is 0 Å². The number of pyridine rings is 1. The smallest absolute Gasteiger partial charge is 0.360 e. The third-order valence-corrected chi connectivity index (χ3v) is 3.26. The fourth-order valence-corrected chi connectivity index (χ4v) is 2.24. The van der Waals surface area contributed by atoms with E-state index in [-0.39, 0.29) is 5.69 Å². The maximum Gasteiger partial charge on any atom is 0.360 e. The molecule has 6 heteroatoms. The molecule has 22 heavy (non-hydrogen) atoms. The second-order valence-corrected chi connectivity index (χ2v) is 5.00. The minimum atomic E-state index is -0.452. The van der Waals surface area contributed by atoms with Gasteiger partial charge in [-0.05, 0) is 37.6 Å². The van der Waals surface area contributed by atoms with Crippen molar-refractivity contribution in [1.82, 2.24) is 20.0 Å². The summed E-state index contributed by atoms with van der Waals surface area (Å²) < 4.78 is 6.52. The Morgan fingerprint density at radius 1 is 1.27 bits per heavy atom. The van der Waals surface area contributed by atoms with Gasteiger partial charge >= 0.3 is 5.97 Å².